The fraction of sp³-hybridized carbons (Fsp3) is 0.722. The van der Waals surface area contributed by atoms with E-state index in [1.807, 2.05) is 4.90 Å². The van der Waals surface area contributed by atoms with Gasteiger partial charge in [0.2, 0.25) is 0 Å². The number of aryl methyl sites for hydroxylation is 1. The first-order valence-corrected chi connectivity index (χ1v) is 8.88. The average Bonchev–Trinajstić information content (AvgIpc) is 2.93. The molecule has 3 atom stereocenters. The third kappa shape index (κ3) is 3.12. The number of nitrogens with one attached hydrogen (secondary N) is 1. The Balaban J connectivity index is 1.67. The molecule has 0 radical (unpaired) electrons. The van der Waals surface area contributed by atoms with Crippen molar-refractivity contribution in [1.29, 1.82) is 0 Å². The van der Waals surface area contributed by atoms with Crippen molar-refractivity contribution >= 4 is 12.0 Å². The predicted molar refractivity (Wildman–Crippen MR) is 93.1 cm³/mol. The summed E-state index contributed by atoms with van der Waals surface area (Å²) in [5, 5.41) is 16.2. The standard InChI is InChI=1S/C18H28N4O3/c1-17(2)13-5-6-18(17,3)11-22(10-13)16(25)20-14(15(23)24)7-12-8-19-21(4)9-12/h8-9,13-14H,5-7,10-11H2,1-4H3,(H,20,25)(H,23,24)/t13-,14?,18+/m1/s1. The fourth-order valence-corrected chi connectivity index (χ4v) is 4.43. The third-order valence-corrected chi connectivity index (χ3v) is 6.68. The zero-order chi connectivity index (χ0) is 18.4. The van der Waals surface area contributed by atoms with Gasteiger partial charge in [-0.2, -0.15) is 5.10 Å². The second-order valence-corrected chi connectivity index (χ2v) is 8.47. The molecular weight excluding hydrogens is 320 g/mol. The van der Waals surface area contributed by atoms with Gasteiger partial charge in [0.1, 0.15) is 6.04 Å². The number of aliphatic carboxylic acids is 1. The van der Waals surface area contributed by atoms with E-state index in [0.29, 0.717) is 19.0 Å². The van der Waals surface area contributed by atoms with Gasteiger partial charge in [0.25, 0.3) is 0 Å². The van der Waals surface area contributed by atoms with E-state index >= 15 is 0 Å². The van der Waals surface area contributed by atoms with Crippen molar-refractivity contribution in [3.05, 3.63) is 18.0 Å². The Labute approximate surface area is 148 Å². The number of urea groups is 1. The summed E-state index contributed by atoms with van der Waals surface area (Å²) in [5.74, 6) is -0.553. The molecule has 2 aliphatic rings. The van der Waals surface area contributed by atoms with Crippen LogP contribution >= 0.6 is 0 Å². The summed E-state index contributed by atoms with van der Waals surface area (Å²) in [7, 11) is 1.78. The lowest BCUT2D eigenvalue weighted by atomic mass is 9.63. The molecule has 1 unspecified atom stereocenters. The maximum absolute atomic E-state index is 12.7. The Kier molecular flexibility index (Phi) is 4.29. The van der Waals surface area contributed by atoms with E-state index < -0.39 is 12.0 Å². The van der Waals surface area contributed by atoms with Crippen molar-refractivity contribution in [1.82, 2.24) is 20.0 Å². The normalized spacial score (nSPS) is 28.6. The van der Waals surface area contributed by atoms with E-state index in [1.165, 1.54) is 0 Å². The number of likely N-dealkylation sites (tertiary alicyclic amines) is 1. The van der Waals surface area contributed by atoms with Crippen LogP contribution < -0.4 is 5.32 Å². The van der Waals surface area contributed by atoms with Gasteiger partial charge >= 0.3 is 12.0 Å². The molecule has 3 rings (SSSR count). The fourth-order valence-electron chi connectivity index (χ4n) is 4.43. The molecule has 2 N–H and O–H groups in total. The van der Waals surface area contributed by atoms with Gasteiger partial charge in [-0.15, -0.1) is 0 Å². The monoisotopic (exact) mass is 348 g/mol. The maximum atomic E-state index is 12.7. The Hall–Kier alpha value is -2.05. The number of rotatable bonds is 4. The maximum Gasteiger partial charge on any atom is 0.326 e. The van der Waals surface area contributed by atoms with Crippen LogP contribution in [0.25, 0.3) is 0 Å². The number of hydrogen-bond acceptors (Lipinski definition) is 3. The highest BCUT2D eigenvalue weighted by Crippen LogP contribution is 2.58. The highest BCUT2D eigenvalue weighted by atomic mass is 16.4. The van der Waals surface area contributed by atoms with Crippen LogP contribution in [0.4, 0.5) is 4.79 Å². The highest BCUT2D eigenvalue weighted by Gasteiger charge is 2.56. The van der Waals surface area contributed by atoms with Crippen molar-refractivity contribution in [2.24, 2.45) is 23.8 Å². The summed E-state index contributed by atoms with van der Waals surface area (Å²) in [6, 6.07) is -1.22. The number of carboxylic acid groups (broad SMARTS) is 1. The average molecular weight is 348 g/mol. The zero-order valence-electron chi connectivity index (χ0n) is 15.5. The van der Waals surface area contributed by atoms with Crippen LogP contribution in [0, 0.1) is 16.7 Å². The summed E-state index contributed by atoms with van der Waals surface area (Å²) in [4.78, 5) is 26.1. The lowest BCUT2D eigenvalue weighted by Gasteiger charge is -2.50. The molecule has 2 heterocycles. The lowest BCUT2D eigenvalue weighted by Crippen LogP contribution is -2.58. The van der Waals surface area contributed by atoms with Gasteiger partial charge in [-0.3, -0.25) is 4.68 Å². The van der Waals surface area contributed by atoms with Crippen molar-refractivity contribution in [2.45, 2.75) is 46.1 Å². The molecule has 1 aliphatic heterocycles. The molecule has 1 aromatic heterocycles. The van der Waals surface area contributed by atoms with Crippen LogP contribution in [0.1, 0.15) is 39.2 Å². The summed E-state index contributed by atoms with van der Waals surface area (Å²) in [6.45, 7) is 8.22. The molecule has 1 aliphatic carbocycles. The van der Waals surface area contributed by atoms with Crippen molar-refractivity contribution < 1.29 is 14.7 Å². The van der Waals surface area contributed by atoms with Crippen LogP contribution in [0.2, 0.25) is 0 Å². The molecule has 1 aromatic rings. The van der Waals surface area contributed by atoms with E-state index in [0.717, 1.165) is 18.4 Å². The van der Waals surface area contributed by atoms with Crippen molar-refractivity contribution in [3.8, 4) is 0 Å². The largest absolute Gasteiger partial charge is 0.480 e. The summed E-state index contributed by atoms with van der Waals surface area (Å²) in [5.41, 5.74) is 1.10. The molecule has 1 saturated heterocycles. The van der Waals surface area contributed by atoms with E-state index in [2.05, 4.69) is 31.2 Å². The highest BCUT2D eigenvalue weighted by molar-refractivity contribution is 5.83. The van der Waals surface area contributed by atoms with Gasteiger partial charge in [-0.05, 0) is 35.2 Å². The number of carbonyl (C=O) groups is 2. The molecule has 2 amide bonds. The molecule has 7 heteroatoms. The lowest BCUT2D eigenvalue weighted by molar-refractivity contribution is -0.139. The van der Waals surface area contributed by atoms with E-state index in [-0.39, 0.29) is 23.3 Å². The summed E-state index contributed by atoms with van der Waals surface area (Å²) >= 11 is 0. The first-order chi connectivity index (χ1) is 11.6. The minimum atomic E-state index is -1.02. The van der Waals surface area contributed by atoms with Gasteiger partial charge < -0.3 is 15.3 Å². The van der Waals surface area contributed by atoms with Crippen LogP contribution in [0.15, 0.2) is 12.4 Å². The van der Waals surface area contributed by atoms with E-state index in [9.17, 15) is 14.7 Å². The number of piperidine rings is 1. The Morgan fingerprint density at radius 1 is 1.44 bits per heavy atom. The Morgan fingerprint density at radius 3 is 2.72 bits per heavy atom. The summed E-state index contributed by atoms with van der Waals surface area (Å²) < 4.78 is 1.63. The number of nitrogens with zero attached hydrogens (tertiary/aromatic N) is 3. The number of hydrogen-bond donors (Lipinski definition) is 2. The minimum Gasteiger partial charge on any atom is -0.480 e. The number of aromatic nitrogens is 2. The number of fused-ring (bicyclic) bond motifs is 2. The van der Waals surface area contributed by atoms with Crippen LogP contribution in [0.3, 0.4) is 0 Å². The number of carbonyl (C=O) groups excluding carboxylic acids is 1. The minimum absolute atomic E-state index is 0.0926. The molecule has 0 aromatic carbocycles. The third-order valence-electron chi connectivity index (χ3n) is 6.68. The van der Waals surface area contributed by atoms with E-state index in [4.69, 9.17) is 0 Å². The topological polar surface area (TPSA) is 87.5 Å². The van der Waals surface area contributed by atoms with Crippen molar-refractivity contribution in [2.75, 3.05) is 13.1 Å². The van der Waals surface area contributed by atoms with Gasteiger partial charge in [0, 0.05) is 32.8 Å². The van der Waals surface area contributed by atoms with Gasteiger partial charge in [-0.1, -0.05) is 20.8 Å². The molecule has 2 bridgehead atoms. The first kappa shape index (κ1) is 17.8. The Morgan fingerprint density at radius 2 is 2.16 bits per heavy atom. The van der Waals surface area contributed by atoms with Crippen molar-refractivity contribution in [3.63, 3.8) is 0 Å². The quantitative estimate of drug-likeness (QED) is 0.870. The molecule has 138 valence electrons. The molecule has 0 spiro atoms. The second kappa shape index (κ2) is 6.04. The summed E-state index contributed by atoms with van der Waals surface area (Å²) in [6.07, 6.45) is 5.88. The molecular formula is C18H28N4O3. The zero-order valence-corrected chi connectivity index (χ0v) is 15.5. The smallest absolute Gasteiger partial charge is 0.326 e. The first-order valence-electron chi connectivity index (χ1n) is 8.88. The van der Waals surface area contributed by atoms with Crippen LogP contribution in [-0.4, -0.2) is 50.9 Å². The molecule has 1 saturated carbocycles. The Bertz CT molecular complexity index is 684. The molecule has 7 nitrogen and oxygen atoms in total. The molecule has 25 heavy (non-hydrogen) atoms. The molecule has 2 fully saturated rings. The number of carboxylic acids is 1. The SMILES string of the molecule is Cn1cc(CC(NC(=O)N2C[C@H]3CC[C@@](C)(C2)C3(C)C)C(=O)O)cn1. The van der Waals surface area contributed by atoms with E-state index in [1.54, 1.807) is 24.1 Å². The van der Waals surface area contributed by atoms with Crippen LogP contribution in [-0.2, 0) is 18.3 Å². The van der Waals surface area contributed by atoms with Gasteiger partial charge in [0.05, 0.1) is 6.20 Å². The predicted octanol–water partition coefficient (Wildman–Crippen LogP) is 1.88. The number of amides is 2. The van der Waals surface area contributed by atoms with Crippen LogP contribution in [0.5, 0.6) is 0 Å². The van der Waals surface area contributed by atoms with Gasteiger partial charge in [0.15, 0.2) is 0 Å². The van der Waals surface area contributed by atoms with Gasteiger partial charge in [-0.25, -0.2) is 9.59 Å². The second-order valence-electron chi connectivity index (χ2n) is 8.47.